The monoisotopic (exact) mass is 443 g/mol. The first-order chi connectivity index (χ1) is 14.1. The number of nitrogens with zero attached hydrogens (tertiary/aromatic N) is 2. The summed E-state index contributed by atoms with van der Waals surface area (Å²) in [5.41, 5.74) is -0.307. The van der Waals surface area contributed by atoms with Crippen molar-refractivity contribution in [2.24, 2.45) is 4.99 Å². The van der Waals surface area contributed by atoms with E-state index in [2.05, 4.69) is 16.9 Å². The molecule has 1 unspecified atom stereocenters. The van der Waals surface area contributed by atoms with Crippen LogP contribution in [0.25, 0.3) is 0 Å². The van der Waals surface area contributed by atoms with E-state index >= 15 is 0 Å². The van der Waals surface area contributed by atoms with E-state index in [-0.39, 0.29) is 27.1 Å². The molecule has 1 atom stereocenters. The number of sulfone groups is 1. The Morgan fingerprint density at radius 3 is 2.33 bits per heavy atom. The minimum absolute atomic E-state index is 0.122. The molecule has 2 aromatic carbocycles. The van der Waals surface area contributed by atoms with Gasteiger partial charge in [-0.25, -0.2) is 13.4 Å². The maximum absolute atomic E-state index is 12.3. The molecule has 3 N–H and O–H groups in total. The summed E-state index contributed by atoms with van der Waals surface area (Å²) in [4.78, 5) is 17.8. The third-order valence-electron chi connectivity index (χ3n) is 4.33. The van der Waals surface area contributed by atoms with Crippen molar-refractivity contribution in [2.45, 2.75) is 14.7 Å². The number of aromatic hydroxyl groups is 2. The molecule has 8 nitrogen and oxygen atoms in total. The molecule has 0 fully saturated rings. The Bertz CT molecular complexity index is 1260. The van der Waals surface area contributed by atoms with Crippen LogP contribution in [0, 0.1) is 11.3 Å². The van der Waals surface area contributed by atoms with Gasteiger partial charge in [0.15, 0.2) is 26.5 Å². The summed E-state index contributed by atoms with van der Waals surface area (Å²) in [7, 11) is -5.79. The van der Waals surface area contributed by atoms with E-state index in [1.807, 2.05) is 0 Å². The summed E-state index contributed by atoms with van der Waals surface area (Å²) in [6, 6.07) is 12.0. The summed E-state index contributed by atoms with van der Waals surface area (Å²) >= 11 is 0. The highest BCUT2D eigenvalue weighted by Crippen LogP contribution is 2.66. The van der Waals surface area contributed by atoms with Gasteiger partial charge >= 0.3 is 0 Å². The zero-order valence-corrected chi connectivity index (χ0v) is 17.4. The van der Waals surface area contributed by atoms with Crippen LogP contribution in [0.1, 0.15) is 0 Å². The first-order valence-corrected chi connectivity index (χ1v) is 12.0. The molecule has 1 heterocycles. The maximum Gasteiger partial charge on any atom is 0.267 e. The van der Waals surface area contributed by atoms with Gasteiger partial charge in [0, 0.05) is 22.2 Å². The largest absolute Gasteiger partial charge is 0.504 e. The zero-order chi connectivity index (χ0) is 22.1. The van der Waals surface area contributed by atoms with E-state index in [9.17, 15) is 23.4 Å². The quantitative estimate of drug-likeness (QED) is 0.377. The van der Waals surface area contributed by atoms with E-state index in [0.29, 0.717) is 9.79 Å². The van der Waals surface area contributed by atoms with Crippen molar-refractivity contribution in [3.8, 4) is 17.6 Å². The predicted octanol–water partition coefficient (Wildman–Crippen LogP) is 2.76. The average molecular weight is 444 g/mol. The van der Waals surface area contributed by atoms with Crippen molar-refractivity contribution in [1.82, 2.24) is 5.32 Å². The van der Waals surface area contributed by atoms with E-state index in [0.717, 1.165) is 6.26 Å². The number of hydrogen-bond donors (Lipinski definition) is 3. The number of amides is 1. The van der Waals surface area contributed by atoms with Crippen molar-refractivity contribution in [3.63, 3.8) is 0 Å². The van der Waals surface area contributed by atoms with Crippen LogP contribution in [-0.2, 0) is 14.6 Å². The van der Waals surface area contributed by atoms with Crippen LogP contribution < -0.4 is 5.32 Å². The molecule has 30 heavy (non-hydrogen) atoms. The molecule has 3 rings (SSSR count). The van der Waals surface area contributed by atoms with Crippen LogP contribution in [0.15, 0.2) is 85.9 Å². The van der Waals surface area contributed by atoms with E-state index in [1.165, 1.54) is 30.5 Å². The van der Waals surface area contributed by atoms with Gasteiger partial charge in [0.05, 0.1) is 4.90 Å². The molecule has 10 heteroatoms. The summed E-state index contributed by atoms with van der Waals surface area (Å²) in [6.45, 7) is 3.39. The molecule has 154 valence electrons. The lowest BCUT2D eigenvalue weighted by Crippen LogP contribution is -2.33. The standard InChI is InChI=1S/C20H17N3O5S2/c1-13(12-21)19(26)23-20-22-9-10-30(20,16-7-8-17(24)18(25)11-16)15-5-3-14(4-6-15)29(2,27)28/h3-11,24-25H,1H2,2H3,(H,22,23,26). The average Bonchev–Trinajstić information content (AvgIpc) is 3.13. The van der Waals surface area contributed by atoms with Gasteiger partial charge in [-0.2, -0.15) is 5.26 Å². The predicted molar refractivity (Wildman–Crippen MR) is 113 cm³/mol. The lowest BCUT2D eigenvalue weighted by molar-refractivity contribution is -0.115. The number of nitriles is 1. The van der Waals surface area contributed by atoms with Gasteiger partial charge < -0.3 is 15.5 Å². The smallest absolute Gasteiger partial charge is 0.267 e. The van der Waals surface area contributed by atoms with Crippen LogP contribution in [0.4, 0.5) is 0 Å². The highest BCUT2D eigenvalue weighted by Gasteiger charge is 2.37. The van der Waals surface area contributed by atoms with Gasteiger partial charge in [-0.1, -0.05) is 6.58 Å². The van der Waals surface area contributed by atoms with Crippen molar-refractivity contribution in [3.05, 3.63) is 66.2 Å². The van der Waals surface area contributed by atoms with Crippen LogP contribution in [0.2, 0.25) is 0 Å². The van der Waals surface area contributed by atoms with Gasteiger partial charge in [0.2, 0.25) is 0 Å². The number of carbonyl (C=O) groups is 1. The lowest BCUT2D eigenvalue weighted by atomic mass is 10.3. The fourth-order valence-corrected chi connectivity index (χ4v) is 6.46. The number of rotatable bonds is 4. The number of aliphatic imine (C=N–C) groups is 1. The SMILES string of the molecule is C=C(C#N)C(=O)NC1=NC=CS1(c1ccc(S(C)(=O)=O)cc1)c1ccc(O)c(O)c1. The Morgan fingerprint density at radius 1 is 1.13 bits per heavy atom. The fourth-order valence-electron chi connectivity index (χ4n) is 2.79. The van der Waals surface area contributed by atoms with Gasteiger partial charge in [0.25, 0.3) is 5.91 Å². The molecular formula is C20H17N3O5S2. The number of phenolic OH excluding ortho intramolecular Hbond substituents is 2. The van der Waals surface area contributed by atoms with E-state index in [1.54, 1.807) is 29.7 Å². The highest BCUT2D eigenvalue weighted by atomic mass is 32.3. The summed E-state index contributed by atoms with van der Waals surface area (Å²) in [6.07, 6.45) is 2.58. The fraction of sp³-hybridized carbons (Fsp3) is 0.0500. The Labute approximate surface area is 174 Å². The normalized spacial score (nSPS) is 19.9. The number of nitrogens with one attached hydrogen (secondary N) is 1. The van der Waals surface area contributed by atoms with Crippen LogP contribution in [0.5, 0.6) is 11.5 Å². The molecule has 1 aliphatic rings. The lowest BCUT2D eigenvalue weighted by Gasteiger charge is -2.36. The van der Waals surface area contributed by atoms with Gasteiger partial charge in [-0.05, 0) is 47.9 Å². The Kier molecular flexibility index (Phi) is 5.43. The molecule has 1 aliphatic heterocycles. The van der Waals surface area contributed by atoms with Crippen molar-refractivity contribution in [2.75, 3.05) is 6.26 Å². The molecule has 2 aromatic rings. The number of amidine groups is 1. The van der Waals surface area contributed by atoms with Gasteiger partial charge in [0.1, 0.15) is 11.6 Å². The third-order valence-corrected chi connectivity index (χ3v) is 8.82. The Hall–Kier alpha value is -3.55. The van der Waals surface area contributed by atoms with Crippen LogP contribution in [0.3, 0.4) is 0 Å². The second-order valence-corrected chi connectivity index (χ2v) is 11.3. The van der Waals surface area contributed by atoms with Crippen LogP contribution in [-0.4, -0.2) is 36.0 Å². The number of hydrogen-bond acceptors (Lipinski definition) is 7. The molecule has 0 aromatic heterocycles. The molecule has 0 saturated carbocycles. The van der Waals surface area contributed by atoms with Gasteiger partial charge in [-0.15, -0.1) is 10.0 Å². The molecule has 0 radical (unpaired) electrons. The number of benzene rings is 2. The maximum atomic E-state index is 12.3. The molecule has 1 amide bonds. The number of phenols is 2. The Balaban J connectivity index is 2.19. The zero-order valence-electron chi connectivity index (χ0n) is 15.7. The topological polar surface area (TPSA) is 140 Å². The molecule has 0 aliphatic carbocycles. The minimum atomic E-state index is -3.42. The van der Waals surface area contributed by atoms with E-state index < -0.39 is 25.8 Å². The molecule has 0 spiro atoms. The first kappa shape index (κ1) is 21.2. The minimum Gasteiger partial charge on any atom is -0.504 e. The van der Waals surface area contributed by atoms with Gasteiger partial charge in [-0.3, -0.25) is 4.79 Å². The summed E-state index contributed by atoms with van der Waals surface area (Å²) < 4.78 is 23.7. The second kappa shape index (κ2) is 7.70. The van der Waals surface area contributed by atoms with Crippen LogP contribution >= 0.6 is 10.0 Å². The van der Waals surface area contributed by atoms with Crippen molar-refractivity contribution in [1.29, 1.82) is 5.26 Å². The highest BCUT2D eigenvalue weighted by molar-refractivity contribution is 8.47. The van der Waals surface area contributed by atoms with Crippen molar-refractivity contribution < 1.29 is 23.4 Å². The number of carbonyl (C=O) groups excluding carboxylic acids is 1. The summed E-state index contributed by atoms with van der Waals surface area (Å²) in [5, 5.41) is 33.2. The molecule has 0 saturated heterocycles. The second-order valence-electron chi connectivity index (χ2n) is 6.32. The van der Waals surface area contributed by atoms with E-state index in [4.69, 9.17) is 5.26 Å². The molecular weight excluding hydrogens is 426 g/mol. The Morgan fingerprint density at radius 2 is 1.77 bits per heavy atom. The third kappa shape index (κ3) is 3.68. The summed E-state index contributed by atoms with van der Waals surface area (Å²) in [5.74, 6) is -1.41. The first-order valence-electron chi connectivity index (χ1n) is 8.40. The molecule has 0 bridgehead atoms. The van der Waals surface area contributed by atoms with Crippen molar-refractivity contribution >= 4 is 30.9 Å².